The van der Waals surface area contributed by atoms with Crippen LogP contribution in [0.4, 0.5) is 5.82 Å². The van der Waals surface area contributed by atoms with E-state index in [1.54, 1.807) is 4.68 Å². The van der Waals surface area contributed by atoms with Gasteiger partial charge in [-0.1, -0.05) is 37.3 Å². The van der Waals surface area contributed by atoms with Crippen molar-refractivity contribution in [2.45, 2.75) is 26.7 Å². The van der Waals surface area contributed by atoms with E-state index in [0.29, 0.717) is 42.5 Å². The standard InChI is InChI=1S/C27H28N8O2/c1-3-7-27(36)34-19(2)16-22(30-34)23-17-25-28-24(18-26(35(25)31-23)32-12-14-37-15-13-32)33-11-10-21(29-33)20-8-5-4-6-9-20/h4-6,8-11,16-18H,3,7,12-15H2,1-2H3. The Morgan fingerprint density at radius 3 is 2.51 bits per heavy atom. The third-order valence-electron chi connectivity index (χ3n) is 6.47. The van der Waals surface area contributed by atoms with Crippen molar-refractivity contribution in [3.63, 3.8) is 0 Å². The van der Waals surface area contributed by atoms with E-state index in [9.17, 15) is 4.79 Å². The number of hydrogen-bond donors (Lipinski definition) is 0. The van der Waals surface area contributed by atoms with Crippen LogP contribution in [0.5, 0.6) is 0 Å². The Morgan fingerprint density at radius 2 is 1.73 bits per heavy atom. The van der Waals surface area contributed by atoms with Crippen LogP contribution in [-0.4, -0.2) is 66.4 Å². The SMILES string of the molecule is CCCC(=O)n1nc(-c2cc3nc(-n4ccc(-c5ccccc5)n4)cc(N4CCOCC4)n3n2)cc1C. The van der Waals surface area contributed by atoms with E-state index >= 15 is 0 Å². The second-order valence-corrected chi connectivity index (χ2v) is 9.11. The molecule has 1 aromatic carbocycles. The summed E-state index contributed by atoms with van der Waals surface area (Å²) in [6, 6.07) is 17.9. The number of ether oxygens (including phenoxy) is 1. The van der Waals surface area contributed by atoms with Gasteiger partial charge in [-0.25, -0.2) is 14.3 Å². The van der Waals surface area contributed by atoms with E-state index in [4.69, 9.17) is 19.9 Å². The van der Waals surface area contributed by atoms with Crippen LogP contribution in [0.25, 0.3) is 34.1 Å². The van der Waals surface area contributed by atoms with Gasteiger partial charge in [0.1, 0.15) is 17.2 Å². The molecule has 0 aliphatic carbocycles. The van der Waals surface area contributed by atoms with Crippen LogP contribution < -0.4 is 4.90 Å². The lowest BCUT2D eigenvalue weighted by Gasteiger charge is -2.29. The molecule has 37 heavy (non-hydrogen) atoms. The van der Waals surface area contributed by atoms with Gasteiger partial charge in [0.05, 0.1) is 18.9 Å². The third kappa shape index (κ3) is 4.40. The number of fused-ring (bicyclic) bond motifs is 1. The van der Waals surface area contributed by atoms with Crippen LogP contribution in [0.2, 0.25) is 0 Å². The van der Waals surface area contributed by atoms with Crippen LogP contribution in [0.15, 0.2) is 60.8 Å². The van der Waals surface area contributed by atoms with Crippen LogP contribution >= 0.6 is 0 Å². The number of morpholine rings is 1. The minimum Gasteiger partial charge on any atom is -0.378 e. The lowest BCUT2D eigenvalue weighted by atomic mass is 10.2. The van der Waals surface area contributed by atoms with Crippen molar-refractivity contribution in [2.24, 2.45) is 0 Å². The van der Waals surface area contributed by atoms with Gasteiger partial charge in [0.15, 0.2) is 11.5 Å². The highest BCUT2D eigenvalue weighted by Gasteiger charge is 2.21. The molecule has 5 heterocycles. The highest BCUT2D eigenvalue weighted by atomic mass is 16.5. The number of aromatic nitrogens is 7. The molecule has 6 rings (SSSR count). The number of hydrogen-bond acceptors (Lipinski definition) is 7. The molecule has 1 fully saturated rings. The Balaban J connectivity index is 1.44. The van der Waals surface area contributed by atoms with Crippen LogP contribution in [0.3, 0.4) is 0 Å². The summed E-state index contributed by atoms with van der Waals surface area (Å²) in [6.07, 6.45) is 3.15. The zero-order valence-electron chi connectivity index (χ0n) is 20.9. The van der Waals surface area contributed by atoms with E-state index in [2.05, 4.69) is 10.00 Å². The molecule has 0 spiro atoms. The minimum absolute atomic E-state index is 0.0164. The van der Waals surface area contributed by atoms with Crippen molar-refractivity contribution < 1.29 is 9.53 Å². The van der Waals surface area contributed by atoms with Crippen molar-refractivity contribution in [1.82, 2.24) is 34.2 Å². The molecule has 10 heteroatoms. The summed E-state index contributed by atoms with van der Waals surface area (Å²) in [5, 5.41) is 14.2. The van der Waals surface area contributed by atoms with Gasteiger partial charge < -0.3 is 9.64 Å². The Labute approximate surface area is 214 Å². The molecule has 0 amide bonds. The molecule has 4 aromatic heterocycles. The maximum Gasteiger partial charge on any atom is 0.247 e. The zero-order valence-corrected chi connectivity index (χ0v) is 20.9. The molecule has 1 aliphatic rings. The third-order valence-corrected chi connectivity index (χ3v) is 6.47. The summed E-state index contributed by atoms with van der Waals surface area (Å²) in [6.45, 7) is 6.67. The van der Waals surface area contributed by atoms with Gasteiger partial charge >= 0.3 is 0 Å². The summed E-state index contributed by atoms with van der Waals surface area (Å²) < 4.78 is 10.7. The second-order valence-electron chi connectivity index (χ2n) is 9.11. The molecule has 10 nitrogen and oxygen atoms in total. The summed E-state index contributed by atoms with van der Waals surface area (Å²) in [5.41, 5.74) is 4.70. The fourth-order valence-corrected chi connectivity index (χ4v) is 4.59. The monoisotopic (exact) mass is 496 g/mol. The molecule has 0 bridgehead atoms. The smallest absolute Gasteiger partial charge is 0.247 e. The maximum atomic E-state index is 12.5. The second kappa shape index (κ2) is 9.62. The highest BCUT2D eigenvalue weighted by molar-refractivity contribution is 5.79. The van der Waals surface area contributed by atoms with Gasteiger partial charge in [0.2, 0.25) is 5.91 Å². The molecule has 188 valence electrons. The van der Waals surface area contributed by atoms with Crippen molar-refractivity contribution in [3.05, 3.63) is 66.5 Å². The number of rotatable bonds is 6. The molecule has 0 atom stereocenters. The Bertz CT molecular complexity index is 1560. The molecule has 0 unspecified atom stereocenters. The molecule has 5 aromatic rings. The topological polar surface area (TPSA) is 95.4 Å². The van der Waals surface area contributed by atoms with Gasteiger partial charge in [-0.3, -0.25) is 4.79 Å². The molecule has 0 saturated carbocycles. The zero-order chi connectivity index (χ0) is 25.4. The first-order chi connectivity index (χ1) is 18.1. The van der Waals surface area contributed by atoms with Gasteiger partial charge in [0.25, 0.3) is 0 Å². The van der Waals surface area contributed by atoms with Gasteiger partial charge in [0, 0.05) is 49.1 Å². The quantitative estimate of drug-likeness (QED) is 0.350. The Hall–Kier alpha value is -4.31. The van der Waals surface area contributed by atoms with E-state index in [1.807, 2.05) is 79.2 Å². The summed E-state index contributed by atoms with van der Waals surface area (Å²) in [4.78, 5) is 19.6. The van der Waals surface area contributed by atoms with E-state index < -0.39 is 0 Å². The Morgan fingerprint density at radius 1 is 0.946 bits per heavy atom. The van der Waals surface area contributed by atoms with Crippen molar-refractivity contribution in [3.8, 4) is 28.5 Å². The largest absolute Gasteiger partial charge is 0.378 e. The van der Waals surface area contributed by atoms with Crippen LogP contribution in [0.1, 0.15) is 30.3 Å². The lowest BCUT2D eigenvalue weighted by Crippen LogP contribution is -2.37. The van der Waals surface area contributed by atoms with Crippen molar-refractivity contribution in [2.75, 3.05) is 31.2 Å². The number of nitrogens with zero attached hydrogens (tertiary/aromatic N) is 8. The number of benzene rings is 1. The normalized spacial score (nSPS) is 13.9. The number of aryl methyl sites for hydroxylation is 1. The lowest BCUT2D eigenvalue weighted by molar-refractivity contribution is 0.0883. The van der Waals surface area contributed by atoms with Crippen LogP contribution in [0, 0.1) is 6.92 Å². The molecular weight excluding hydrogens is 468 g/mol. The van der Waals surface area contributed by atoms with Gasteiger partial charge in [-0.2, -0.15) is 19.8 Å². The number of anilines is 1. The fourth-order valence-electron chi connectivity index (χ4n) is 4.59. The summed E-state index contributed by atoms with van der Waals surface area (Å²) in [7, 11) is 0. The highest BCUT2D eigenvalue weighted by Crippen LogP contribution is 2.26. The number of carbonyl (C=O) groups is 1. The molecule has 1 saturated heterocycles. The first-order valence-corrected chi connectivity index (χ1v) is 12.6. The fraction of sp³-hybridized carbons (Fsp3) is 0.296. The maximum absolute atomic E-state index is 12.5. The van der Waals surface area contributed by atoms with Gasteiger partial charge in [-0.05, 0) is 25.5 Å². The van der Waals surface area contributed by atoms with Crippen LogP contribution in [-0.2, 0) is 4.74 Å². The van der Waals surface area contributed by atoms with Crippen molar-refractivity contribution in [1.29, 1.82) is 0 Å². The van der Waals surface area contributed by atoms with Gasteiger partial charge in [-0.15, -0.1) is 0 Å². The van der Waals surface area contributed by atoms with E-state index in [-0.39, 0.29) is 5.91 Å². The summed E-state index contributed by atoms with van der Waals surface area (Å²) in [5.74, 6) is 1.59. The first-order valence-electron chi connectivity index (χ1n) is 12.6. The average Bonchev–Trinajstić information content (AvgIpc) is 3.67. The van der Waals surface area contributed by atoms with E-state index in [1.165, 1.54) is 4.68 Å². The molecule has 1 aliphatic heterocycles. The minimum atomic E-state index is -0.0164. The predicted molar refractivity (Wildman–Crippen MR) is 140 cm³/mol. The van der Waals surface area contributed by atoms with E-state index in [0.717, 1.165) is 42.3 Å². The molecule has 0 radical (unpaired) electrons. The predicted octanol–water partition coefficient (Wildman–Crippen LogP) is 4.03. The summed E-state index contributed by atoms with van der Waals surface area (Å²) >= 11 is 0. The molecule has 0 N–H and O–H groups in total. The van der Waals surface area contributed by atoms with Crippen molar-refractivity contribution >= 4 is 17.4 Å². The number of carbonyl (C=O) groups excluding carboxylic acids is 1. The average molecular weight is 497 g/mol. The Kier molecular flexibility index (Phi) is 6.01. The molecular formula is C27H28N8O2. The first kappa shape index (κ1) is 23.1.